The Morgan fingerprint density at radius 1 is 1.45 bits per heavy atom. The smallest absolute Gasteiger partial charge is 0.269 e. The predicted molar refractivity (Wildman–Crippen MR) is 82.0 cm³/mol. The van der Waals surface area contributed by atoms with E-state index in [0.29, 0.717) is 23.6 Å². The predicted octanol–water partition coefficient (Wildman–Crippen LogP) is 2.97. The average Bonchev–Trinajstić information content (AvgIpc) is 2.90. The fourth-order valence-electron chi connectivity index (χ4n) is 3.20. The van der Waals surface area contributed by atoms with E-state index in [1.165, 1.54) is 6.07 Å². The number of oxime groups is 1. The summed E-state index contributed by atoms with van der Waals surface area (Å²) in [5.74, 6) is 0.122. The van der Waals surface area contributed by atoms with Crippen molar-refractivity contribution in [2.45, 2.75) is 38.7 Å². The van der Waals surface area contributed by atoms with E-state index in [1.807, 2.05) is 4.90 Å². The Labute approximate surface area is 129 Å². The van der Waals surface area contributed by atoms with E-state index in [2.05, 4.69) is 12.1 Å². The standard InChI is InChI=1S/C17H21FN2O2/c1-12-6-5-9-20(11-12)16(21)17(2)10-15(19-22-17)13-7-3-4-8-14(13)18/h3-4,7-8,12H,5-6,9-11H2,1-2H3/t12-,17+/m1/s1. The maximum absolute atomic E-state index is 13.9. The van der Waals surface area contributed by atoms with E-state index < -0.39 is 5.60 Å². The second-order valence-electron chi connectivity index (χ2n) is 6.52. The molecule has 0 N–H and O–H groups in total. The molecule has 2 aliphatic rings. The first kappa shape index (κ1) is 15.0. The van der Waals surface area contributed by atoms with E-state index in [9.17, 15) is 9.18 Å². The normalized spacial score (nSPS) is 28.2. The minimum absolute atomic E-state index is 0.0471. The van der Waals surface area contributed by atoms with E-state index >= 15 is 0 Å². The van der Waals surface area contributed by atoms with E-state index in [4.69, 9.17) is 4.84 Å². The lowest BCUT2D eigenvalue weighted by Crippen LogP contribution is -2.50. The molecule has 1 fully saturated rings. The fourth-order valence-corrected chi connectivity index (χ4v) is 3.20. The van der Waals surface area contributed by atoms with Gasteiger partial charge in [-0.2, -0.15) is 0 Å². The monoisotopic (exact) mass is 304 g/mol. The van der Waals surface area contributed by atoms with Crippen LogP contribution in [0.5, 0.6) is 0 Å². The molecule has 0 aromatic heterocycles. The highest BCUT2D eigenvalue weighted by atomic mass is 19.1. The van der Waals surface area contributed by atoms with Gasteiger partial charge in [-0.1, -0.05) is 30.3 Å². The highest BCUT2D eigenvalue weighted by Crippen LogP contribution is 2.30. The van der Waals surface area contributed by atoms with E-state index in [1.54, 1.807) is 25.1 Å². The highest BCUT2D eigenvalue weighted by Gasteiger charge is 2.45. The number of benzene rings is 1. The Bertz CT molecular complexity index is 616. The number of carbonyl (C=O) groups excluding carboxylic acids is 1. The first-order chi connectivity index (χ1) is 10.5. The molecule has 3 rings (SSSR count). The van der Waals surface area contributed by atoms with Crippen LogP contribution in [0.4, 0.5) is 4.39 Å². The van der Waals surface area contributed by atoms with Crippen LogP contribution in [0.1, 0.15) is 38.7 Å². The minimum Gasteiger partial charge on any atom is -0.379 e. The molecule has 0 bridgehead atoms. The number of likely N-dealkylation sites (tertiary alicyclic amines) is 1. The van der Waals surface area contributed by atoms with Gasteiger partial charge in [0.2, 0.25) is 5.60 Å². The van der Waals surface area contributed by atoms with Gasteiger partial charge in [-0.15, -0.1) is 0 Å². The number of nitrogens with zero attached hydrogens (tertiary/aromatic N) is 2. The van der Waals surface area contributed by atoms with Crippen molar-refractivity contribution in [3.8, 4) is 0 Å². The number of rotatable bonds is 2. The lowest BCUT2D eigenvalue weighted by atomic mass is 9.92. The molecule has 0 radical (unpaired) electrons. The molecule has 0 saturated carbocycles. The van der Waals surface area contributed by atoms with Gasteiger partial charge in [-0.05, 0) is 31.7 Å². The zero-order valence-electron chi connectivity index (χ0n) is 13.0. The molecule has 0 aliphatic carbocycles. The van der Waals surface area contributed by atoms with Crippen LogP contribution in [0.15, 0.2) is 29.4 Å². The van der Waals surface area contributed by atoms with Gasteiger partial charge in [0.25, 0.3) is 5.91 Å². The van der Waals surface area contributed by atoms with Crippen molar-refractivity contribution in [3.05, 3.63) is 35.6 Å². The topological polar surface area (TPSA) is 41.9 Å². The van der Waals surface area contributed by atoms with Gasteiger partial charge in [0.15, 0.2) is 0 Å². The van der Waals surface area contributed by atoms with Crippen molar-refractivity contribution >= 4 is 11.6 Å². The summed E-state index contributed by atoms with van der Waals surface area (Å²) in [5.41, 5.74) is -0.112. The molecule has 0 unspecified atom stereocenters. The van der Waals surface area contributed by atoms with Crippen LogP contribution in [0.2, 0.25) is 0 Å². The zero-order valence-corrected chi connectivity index (χ0v) is 13.0. The molecule has 1 saturated heterocycles. The third-order valence-corrected chi connectivity index (χ3v) is 4.44. The maximum Gasteiger partial charge on any atom is 0.269 e. The van der Waals surface area contributed by atoms with Gasteiger partial charge in [0, 0.05) is 25.1 Å². The Balaban J connectivity index is 1.74. The van der Waals surface area contributed by atoms with Gasteiger partial charge in [0.05, 0.1) is 5.71 Å². The third kappa shape index (κ3) is 2.72. The lowest BCUT2D eigenvalue weighted by molar-refractivity contribution is -0.155. The Hall–Kier alpha value is -1.91. The maximum atomic E-state index is 13.9. The van der Waals surface area contributed by atoms with Crippen molar-refractivity contribution in [2.75, 3.05) is 13.1 Å². The number of amides is 1. The van der Waals surface area contributed by atoms with Crippen LogP contribution in [0.3, 0.4) is 0 Å². The molecule has 2 aliphatic heterocycles. The van der Waals surface area contributed by atoms with Crippen LogP contribution in [0.25, 0.3) is 0 Å². The van der Waals surface area contributed by atoms with Crippen LogP contribution >= 0.6 is 0 Å². The van der Waals surface area contributed by atoms with Crippen molar-refractivity contribution in [1.29, 1.82) is 0 Å². The van der Waals surface area contributed by atoms with Crippen LogP contribution in [-0.4, -0.2) is 35.2 Å². The number of hydrogen-bond donors (Lipinski definition) is 0. The Morgan fingerprint density at radius 2 is 2.23 bits per heavy atom. The molecule has 1 aromatic carbocycles. The zero-order chi connectivity index (χ0) is 15.7. The summed E-state index contributed by atoms with van der Waals surface area (Å²) >= 11 is 0. The number of halogens is 1. The second-order valence-corrected chi connectivity index (χ2v) is 6.52. The third-order valence-electron chi connectivity index (χ3n) is 4.44. The Kier molecular flexibility index (Phi) is 3.89. The van der Waals surface area contributed by atoms with Gasteiger partial charge < -0.3 is 9.74 Å². The number of carbonyl (C=O) groups is 1. The van der Waals surface area contributed by atoms with Crippen molar-refractivity contribution in [1.82, 2.24) is 4.90 Å². The molecule has 22 heavy (non-hydrogen) atoms. The summed E-state index contributed by atoms with van der Waals surface area (Å²) in [4.78, 5) is 20.1. The quantitative estimate of drug-likeness (QED) is 0.843. The summed E-state index contributed by atoms with van der Waals surface area (Å²) in [6, 6.07) is 6.44. The van der Waals surface area contributed by atoms with Crippen LogP contribution in [0, 0.1) is 11.7 Å². The minimum atomic E-state index is -1.02. The largest absolute Gasteiger partial charge is 0.379 e. The fraction of sp³-hybridized carbons (Fsp3) is 0.529. The molecule has 2 heterocycles. The molecule has 4 nitrogen and oxygen atoms in total. The van der Waals surface area contributed by atoms with Gasteiger partial charge in [0.1, 0.15) is 5.82 Å². The molecule has 0 spiro atoms. The van der Waals surface area contributed by atoms with Gasteiger partial charge in [-0.3, -0.25) is 4.79 Å². The molecule has 1 aromatic rings. The van der Waals surface area contributed by atoms with Crippen molar-refractivity contribution in [2.24, 2.45) is 11.1 Å². The van der Waals surface area contributed by atoms with E-state index in [-0.39, 0.29) is 11.7 Å². The molecule has 5 heteroatoms. The summed E-state index contributed by atoms with van der Waals surface area (Å²) in [7, 11) is 0. The molecular weight excluding hydrogens is 283 g/mol. The number of hydrogen-bond acceptors (Lipinski definition) is 3. The summed E-state index contributed by atoms with van der Waals surface area (Å²) in [6.07, 6.45) is 2.47. The van der Waals surface area contributed by atoms with Crippen LogP contribution in [-0.2, 0) is 9.63 Å². The van der Waals surface area contributed by atoms with Gasteiger partial charge in [-0.25, -0.2) is 4.39 Å². The van der Waals surface area contributed by atoms with E-state index in [0.717, 1.165) is 25.9 Å². The van der Waals surface area contributed by atoms with Crippen molar-refractivity contribution in [3.63, 3.8) is 0 Å². The summed E-state index contributed by atoms with van der Waals surface area (Å²) < 4.78 is 13.9. The molecule has 2 atom stereocenters. The molecular formula is C17H21FN2O2. The molecule has 118 valence electrons. The van der Waals surface area contributed by atoms with Crippen LogP contribution < -0.4 is 0 Å². The first-order valence-corrected chi connectivity index (χ1v) is 7.79. The SMILES string of the molecule is C[C@@H]1CCCN(C(=O)[C@]2(C)CC(c3ccccc3F)=NO2)C1. The lowest BCUT2D eigenvalue weighted by Gasteiger charge is -2.35. The summed E-state index contributed by atoms with van der Waals surface area (Å²) in [5, 5.41) is 3.98. The van der Waals surface area contributed by atoms with Crippen molar-refractivity contribution < 1.29 is 14.0 Å². The average molecular weight is 304 g/mol. The first-order valence-electron chi connectivity index (χ1n) is 7.79. The van der Waals surface area contributed by atoms with Gasteiger partial charge >= 0.3 is 0 Å². The Morgan fingerprint density at radius 3 is 2.95 bits per heavy atom. The number of piperidine rings is 1. The molecule has 1 amide bonds. The second kappa shape index (κ2) is 5.71. The highest BCUT2D eigenvalue weighted by molar-refractivity contribution is 6.05. The summed E-state index contributed by atoms with van der Waals surface area (Å²) in [6.45, 7) is 5.41.